The summed E-state index contributed by atoms with van der Waals surface area (Å²) in [7, 11) is 2.10. The summed E-state index contributed by atoms with van der Waals surface area (Å²) in [5, 5.41) is 13.1. The number of nitrogens with one attached hydrogen (secondary N) is 1. The van der Waals surface area contributed by atoms with Gasteiger partial charge in [-0.2, -0.15) is 0 Å². The zero-order valence-electron chi connectivity index (χ0n) is 12.7. The number of hydrogen-bond donors (Lipinski definition) is 2. The Balaban J connectivity index is 2.50. The minimum absolute atomic E-state index is 0.238. The number of aliphatic hydroxyl groups is 1. The van der Waals surface area contributed by atoms with Crippen molar-refractivity contribution in [1.29, 1.82) is 0 Å². The van der Waals surface area contributed by atoms with Crippen LogP contribution in [-0.4, -0.2) is 31.3 Å². The lowest BCUT2D eigenvalue weighted by molar-refractivity contribution is 0.157. The highest BCUT2D eigenvalue weighted by atomic mass is 16.3. The molecule has 19 heavy (non-hydrogen) atoms. The van der Waals surface area contributed by atoms with Gasteiger partial charge < -0.3 is 15.3 Å². The van der Waals surface area contributed by atoms with Gasteiger partial charge in [0.1, 0.15) is 0 Å². The third-order valence-corrected chi connectivity index (χ3v) is 3.59. The molecular weight excluding hydrogens is 236 g/mol. The summed E-state index contributed by atoms with van der Waals surface area (Å²) < 4.78 is 0. The fourth-order valence-corrected chi connectivity index (χ4v) is 2.07. The van der Waals surface area contributed by atoms with Crippen LogP contribution in [0.1, 0.15) is 45.2 Å². The van der Waals surface area contributed by atoms with E-state index < -0.39 is 0 Å². The molecule has 0 radical (unpaired) electrons. The van der Waals surface area contributed by atoms with Gasteiger partial charge in [-0.05, 0) is 38.0 Å². The molecule has 0 spiro atoms. The number of benzene rings is 1. The second-order valence-electron chi connectivity index (χ2n) is 5.18. The Bertz CT molecular complexity index is 350. The maximum atomic E-state index is 9.72. The quantitative estimate of drug-likeness (QED) is 0.758. The summed E-state index contributed by atoms with van der Waals surface area (Å²) >= 11 is 0. The Morgan fingerprint density at radius 3 is 2.37 bits per heavy atom. The number of nitrogens with zero attached hydrogens (tertiary/aromatic N) is 1. The van der Waals surface area contributed by atoms with Gasteiger partial charge in [-0.15, -0.1) is 0 Å². The summed E-state index contributed by atoms with van der Waals surface area (Å²) in [4.78, 5) is 2.22. The topological polar surface area (TPSA) is 35.5 Å². The van der Waals surface area contributed by atoms with Crippen molar-refractivity contribution in [3.8, 4) is 0 Å². The highest BCUT2D eigenvalue weighted by Gasteiger charge is 2.08. The summed E-state index contributed by atoms with van der Waals surface area (Å²) in [6.07, 6.45) is 1.65. The predicted octanol–water partition coefficient (Wildman–Crippen LogP) is 2.95. The van der Waals surface area contributed by atoms with Crippen molar-refractivity contribution in [3.05, 3.63) is 29.8 Å². The van der Waals surface area contributed by atoms with Crippen LogP contribution in [0.3, 0.4) is 0 Å². The molecule has 0 bridgehead atoms. The lowest BCUT2D eigenvalue weighted by atomic mass is 10.1. The van der Waals surface area contributed by atoms with Crippen molar-refractivity contribution in [2.75, 3.05) is 25.0 Å². The molecular formula is C16H28N2O. The lowest BCUT2D eigenvalue weighted by Gasteiger charge is -2.20. The van der Waals surface area contributed by atoms with E-state index in [1.807, 2.05) is 0 Å². The van der Waals surface area contributed by atoms with Gasteiger partial charge in [0, 0.05) is 31.9 Å². The van der Waals surface area contributed by atoms with E-state index in [2.05, 4.69) is 62.3 Å². The van der Waals surface area contributed by atoms with Crippen LogP contribution in [0.25, 0.3) is 0 Å². The van der Waals surface area contributed by atoms with Crippen molar-refractivity contribution >= 4 is 5.69 Å². The van der Waals surface area contributed by atoms with Crippen LogP contribution in [0.4, 0.5) is 5.69 Å². The Kier molecular flexibility index (Phi) is 6.89. The van der Waals surface area contributed by atoms with Crippen LogP contribution in [-0.2, 0) is 0 Å². The average Bonchev–Trinajstić information content (AvgIpc) is 2.44. The van der Waals surface area contributed by atoms with E-state index in [-0.39, 0.29) is 12.1 Å². The molecule has 0 aliphatic carbocycles. The molecule has 108 valence electrons. The van der Waals surface area contributed by atoms with Gasteiger partial charge >= 0.3 is 0 Å². The summed E-state index contributed by atoms with van der Waals surface area (Å²) in [5.74, 6) is 0. The van der Waals surface area contributed by atoms with Crippen LogP contribution in [0.2, 0.25) is 0 Å². The Hall–Kier alpha value is -1.06. The average molecular weight is 264 g/mol. The first kappa shape index (κ1) is 16.0. The molecule has 1 aromatic carbocycles. The molecule has 0 aliphatic heterocycles. The van der Waals surface area contributed by atoms with Crippen LogP contribution in [0, 0.1) is 0 Å². The van der Waals surface area contributed by atoms with Gasteiger partial charge in [0.15, 0.2) is 0 Å². The molecule has 3 nitrogen and oxygen atoms in total. The third kappa shape index (κ3) is 5.21. The predicted molar refractivity (Wildman–Crippen MR) is 82.7 cm³/mol. The summed E-state index contributed by atoms with van der Waals surface area (Å²) in [6, 6.07) is 8.89. The molecule has 0 saturated heterocycles. The molecule has 0 fully saturated rings. The van der Waals surface area contributed by atoms with Crippen molar-refractivity contribution in [2.45, 2.75) is 45.8 Å². The van der Waals surface area contributed by atoms with E-state index >= 15 is 0 Å². The Morgan fingerprint density at radius 1 is 1.21 bits per heavy atom. The largest absolute Gasteiger partial charge is 0.392 e. The van der Waals surface area contributed by atoms with Crippen molar-refractivity contribution in [3.63, 3.8) is 0 Å². The maximum absolute atomic E-state index is 9.72. The van der Waals surface area contributed by atoms with Crippen molar-refractivity contribution in [2.24, 2.45) is 0 Å². The Morgan fingerprint density at radius 2 is 1.84 bits per heavy atom. The lowest BCUT2D eigenvalue weighted by Crippen LogP contribution is -2.29. The van der Waals surface area contributed by atoms with Crippen LogP contribution in [0.15, 0.2) is 24.3 Å². The first-order valence-corrected chi connectivity index (χ1v) is 7.31. The van der Waals surface area contributed by atoms with E-state index in [1.54, 1.807) is 0 Å². The van der Waals surface area contributed by atoms with E-state index in [4.69, 9.17) is 0 Å². The fraction of sp³-hybridized carbons (Fsp3) is 0.625. The van der Waals surface area contributed by atoms with Gasteiger partial charge in [0.25, 0.3) is 0 Å². The normalized spacial score (nSPS) is 14.2. The third-order valence-electron chi connectivity index (χ3n) is 3.59. The molecule has 1 aromatic rings. The Labute approximate surface area is 117 Å². The van der Waals surface area contributed by atoms with E-state index in [9.17, 15) is 5.11 Å². The number of hydrogen-bond acceptors (Lipinski definition) is 3. The smallest absolute Gasteiger partial charge is 0.0664 e. The second kappa shape index (κ2) is 8.18. The van der Waals surface area contributed by atoms with E-state index in [0.717, 1.165) is 19.4 Å². The fourth-order valence-electron chi connectivity index (χ4n) is 2.07. The van der Waals surface area contributed by atoms with Crippen LogP contribution < -0.4 is 10.2 Å². The molecule has 0 aromatic heterocycles. The van der Waals surface area contributed by atoms with E-state index in [0.29, 0.717) is 6.54 Å². The van der Waals surface area contributed by atoms with Gasteiger partial charge in [0.2, 0.25) is 0 Å². The molecule has 0 saturated carbocycles. The first-order valence-electron chi connectivity index (χ1n) is 7.31. The molecule has 2 unspecified atom stereocenters. The molecule has 0 heterocycles. The minimum Gasteiger partial charge on any atom is -0.392 e. The molecule has 0 amide bonds. The van der Waals surface area contributed by atoms with Crippen molar-refractivity contribution in [1.82, 2.24) is 5.32 Å². The number of rotatable bonds is 8. The van der Waals surface area contributed by atoms with Crippen LogP contribution in [0.5, 0.6) is 0 Å². The maximum Gasteiger partial charge on any atom is 0.0664 e. The minimum atomic E-state index is -0.238. The van der Waals surface area contributed by atoms with Gasteiger partial charge in [-0.25, -0.2) is 0 Å². The first-order chi connectivity index (χ1) is 9.08. The highest BCUT2D eigenvalue weighted by Crippen LogP contribution is 2.18. The summed E-state index contributed by atoms with van der Waals surface area (Å²) in [6.45, 7) is 8.04. The van der Waals surface area contributed by atoms with Crippen molar-refractivity contribution < 1.29 is 5.11 Å². The number of aliphatic hydroxyl groups excluding tert-OH is 1. The summed E-state index contributed by atoms with van der Waals surface area (Å²) in [5.41, 5.74) is 2.50. The van der Waals surface area contributed by atoms with Gasteiger partial charge in [-0.3, -0.25) is 0 Å². The SMILES string of the molecule is CCCC(O)CNC(C)c1ccc(N(C)CC)cc1. The zero-order chi connectivity index (χ0) is 14.3. The van der Waals surface area contributed by atoms with Gasteiger partial charge in [0.05, 0.1) is 6.10 Å². The molecule has 2 N–H and O–H groups in total. The monoisotopic (exact) mass is 264 g/mol. The second-order valence-corrected chi connectivity index (χ2v) is 5.18. The molecule has 2 atom stereocenters. The standard InChI is InChI=1S/C16H28N2O/c1-5-7-16(19)12-17-13(3)14-8-10-15(11-9-14)18(4)6-2/h8-11,13,16-17,19H,5-7,12H2,1-4H3. The van der Waals surface area contributed by atoms with Gasteiger partial charge in [-0.1, -0.05) is 25.5 Å². The zero-order valence-corrected chi connectivity index (χ0v) is 12.7. The molecule has 3 heteroatoms. The van der Waals surface area contributed by atoms with Crippen LogP contribution >= 0.6 is 0 Å². The number of anilines is 1. The van der Waals surface area contributed by atoms with E-state index in [1.165, 1.54) is 11.3 Å². The molecule has 0 aliphatic rings. The highest BCUT2D eigenvalue weighted by molar-refractivity contribution is 5.47. The molecule has 1 rings (SSSR count).